The van der Waals surface area contributed by atoms with Gasteiger partial charge in [-0.3, -0.25) is 4.79 Å². The van der Waals surface area contributed by atoms with Crippen molar-refractivity contribution in [2.75, 3.05) is 13.6 Å². The third kappa shape index (κ3) is 5.02. The predicted molar refractivity (Wildman–Crippen MR) is 92.3 cm³/mol. The summed E-state index contributed by atoms with van der Waals surface area (Å²) in [6.45, 7) is 0.570. The number of phenols is 1. The van der Waals surface area contributed by atoms with Gasteiger partial charge >= 0.3 is 0 Å². The maximum atomic E-state index is 12.6. The molecule has 2 aromatic rings. The molecule has 5 heteroatoms. The van der Waals surface area contributed by atoms with Gasteiger partial charge in [-0.1, -0.05) is 35.9 Å². The number of rotatable bonds is 6. The van der Waals surface area contributed by atoms with Crippen LogP contribution in [0, 0.1) is 5.92 Å². The first-order valence-electron chi connectivity index (χ1n) is 6.82. The van der Waals surface area contributed by atoms with E-state index < -0.39 is 0 Å². The number of hydrogen-bond acceptors (Lipinski definition) is 3. The molecule has 2 N–H and O–H groups in total. The molecule has 0 aliphatic carbocycles. The molecule has 0 heterocycles. The fraction of sp³-hybridized carbons (Fsp3) is 0.235. The summed E-state index contributed by atoms with van der Waals surface area (Å²) in [4.78, 5) is 12.6. The number of carbonyl (C=O) groups excluding carboxylic acids is 1. The molecule has 3 nitrogen and oxygen atoms in total. The largest absolute Gasteiger partial charge is 0.508 e. The minimum Gasteiger partial charge on any atom is -0.508 e. The van der Waals surface area contributed by atoms with Crippen molar-refractivity contribution in [3.63, 3.8) is 0 Å². The summed E-state index contributed by atoms with van der Waals surface area (Å²) in [5, 5.41) is 13.2. The highest BCUT2D eigenvalue weighted by Gasteiger charge is 2.20. The van der Waals surface area contributed by atoms with Crippen LogP contribution in [0.4, 0.5) is 0 Å². The maximum absolute atomic E-state index is 12.6. The first-order chi connectivity index (χ1) is 10.1. The summed E-state index contributed by atoms with van der Waals surface area (Å²) in [5.74, 6) is -0.0812. The van der Waals surface area contributed by atoms with E-state index in [4.69, 9.17) is 11.6 Å². The Labute approximate surface area is 141 Å². The first kappa shape index (κ1) is 18.5. The third-order valence-electron chi connectivity index (χ3n) is 3.32. The molecule has 2 aromatic carbocycles. The molecule has 1 atom stereocenters. The van der Waals surface area contributed by atoms with E-state index in [1.807, 2.05) is 31.3 Å². The van der Waals surface area contributed by atoms with Crippen LogP contribution in [-0.4, -0.2) is 24.5 Å². The van der Waals surface area contributed by atoms with Gasteiger partial charge in [0, 0.05) is 23.0 Å². The predicted octanol–water partition coefficient (Wildman–Crippen LogP) is 3.73. The SMILES string of the molecule is CNCC(Cc1cccc(Cl)c1)C(=O)c1cccc(O)c1.Cl. The van der Waals surface area contributed by atoms with Gasteiger partial charge < -0.3 is 10.4 Å². The molecule has 0 spiro atoms. The normalized spacial score (nSPS) is 11.5. The van der Waals surface area contributed by atoms with Crippen LogP contribution in [0.2, 0.25) is 5.02 Å². The van der Waals surface area contributed by atoms with Crippen LogP contribution in [0.5, 0.6) is 5.75 Å². The van der Waals surface area contributed by atoms with E-state index in [1.165, 1.54) is 6.07 Å². The fourth-order valence-corrected chi connectivity index (χ4v) is 2.56. The van der Waals surface area contributed by atoms with E-state index in [9.17, 15) is 9.90 Å². The van der Waals surface area contributed by atoms with Gasteiger partial charge in [0.1, 0.15) is 5.75 Å². The van der Waals surface area contributed by atoms with Crippen LogP contribution in [0.1, 0.15) is 15.9 Å². The average Bonchev–Trinajstić information content (AvgIpc) is 2.46. The lowest BCUT2D eigenvalue weighted by Gasteiger charge is -2.16. The number of Topliss-reactive ketones (excluding diaryl/α,β-unsaturated/α-hetero) is 1. The Morgan fingerprint density at radius 3 is 2.59 bits per heavy atom. The second kappa shape index (κ2) is 8.79. The first-order valence-corrected chi connectivity index (χ1v) is 7.20. The molecule has 0 aliphatic heterocycles. The van der Waals surface area contributed by atoms with Crippen LogP contribution in [0.3, 0.4) is 0 Å². The van der Waals surface area contributed by atoms with Gasteiger partial charge in [-0.2, -0.15) is 0 Å². The van der Waals surface area contributed by atoms with Crippen molar-refractivity contribution >= 4 is 29.8 Å². The van der Waals surface area contributed by atoms with Crippen molar-refractivity contribution < 1.29 is 9.90 Å². The molecular weight excluding hydrogens is 321 g/mol. The van der Waals surface area contributed by atoms with Crippen molar-refractivity contribution in [3.05, 3.63) is 64.7 Å². The standard InChI is InChI=1S/C17H18ClNO2.ClH/c1-19-11-14(8-12-4-2-6-15(18)9-12)17(21)13-5-3-7-16(20)10-13;/h2-7,9-10,14,19-20H,8,11H2,1H3;1H. The Kier molecular flexibility index (Phi) is 7.39. The molecule has 22 heavy (non-hydrogen) atoms. The van der Waals surface area contributed by atoms with Crippen LogP contribution >= 0.6 is 24.0 Å². The minimum atomic E-state index is -0.199. The van der Waals surface area contributed by atoms with Gasteiger partial charge in [0.15, 0.2) is 5.78 Å². The molecule has 0 saturated heterocycles. The summed E-state index contributed by atoms with van der Waals surface area (Å²) in [6.07, 6.45) is 0.607. The zero-order valence-corrected chi connectivity index (χ0v) is 13.8. The molecule has 1 unspecified atom stereocenters. The number of hydrogen-bond donors (Lipinski definition) is 2. The number of carbonyl (C=O) groups is 1. The van der Waals surface area contributed by atoms with Crippen LogP contribution < -0.4 is 5.32 Å². The van der Waals surface area contributed by atoms with Crippen LogP contribution in [0.25, 0.3) is 0 Å². The summed E-state index contributed by atoms with van der Waals surface area (Å²) in [5.41, 5.74) is 1.55. The lowest BCUT2D eigenvalue weighted by molar-refractivity contribution is 0.0918. The monoisotopic (exact) mass is 339 g/mol. The number of aromatic hydroxyl groups is 1. The molecule has 0 aliphatic rings. The second-order valence-corrected chi connectivity index (χ2v) is 5.44. The number of halogens is 2. The molecule has 118 valence electrons. The van der Waals surface area contributed by atoms with Gasteiger partial charge in [0.05, 0.1) is 0 Å². The van der Waals surface area contributed by atoms with Crippen molar-refractivity contribution in [2.45, 2.75) is 6.42 Å². The molecule has 0 aromatic heterocycles. The second-order valence-electron chi connectivity index (χ2n) is 5.00. The van der Waals surface area contributed by atoms with Crippen LogP contribution in [-0.2, 0) is 6.42 Å². The quantitative estimate of drug-likeness (QED) is 0.788. The molecule has 2 rings (SSSR count). The fourth-order valence-electron chi connectivity index (χ4n) is 2.35. The highest BCUT2D eigenvalue weighted by Crippen LogP contribution is 2.19. The Morgan fingerprint density at radius 2 is 1.95 bits per heavy atom. The summed E-state index contributed by atoms with van der Waals surface area (Å²) < 4.78 is 0. The summed E-state index contributed by atoms with van der Waals surface area (Å²) in [7, 11) is 1.82. The third-order valence-corrected chi connectivity index (χ3v) is 3.56. The lowest BCUT2D eigenvalue weighted by Crippen LogP contribution is -2.28. The van der Waals surface area contributed by atoms with Gasteiger partial charge in [0.2, 0.25) is 0 Å². The topological polar surface area (TPSA) is 49.3 Å². The summed E-state index contributed by atoms with van der Waals surface area (Å²) in [6, 6.07) is 14.0. The molecule has 0 saturated carbocycles. The van der Waals surface area contributed by atoms with Gasteiger partial charge in [-0.05, 0) is 43.3 Å². The van der Waals surface area contributed by atoms with Crippen molar-refractivity contribution in [1.29, 1.82) is 0 Å². The van der Waals surface area contributed by atoms with Gasteiger partial charge in [0.25, 0.3) is 0 Å². The zero-order valence-electron chi connectivity index (χ0n) is 12.3. The number of nitrogens with one attached hydrogen (secondary N) is 1. The maximum Gasteiger partial charge on any atom is 0.167 e. The Hall–Kier alpha value is -1.55. The van der Waals surface area contributed by atoms with E-state index >= 15 is 0 Å². The summed E-state index contributed by atoms with van der Waals surface area (Å²) >= 11 is 5.99. The number of ketones is 1. The van der Waals surface area contributed by atoms with Crippen molar-refractivity contribution in [1.82, 2.24) is 5.32 Å². The lowest BCUT2D eigenvalue weighted by atomic mass is 9.91. The zero-order chi connectivity index (χ0) is 15.2. The van der Waals surface area contributed by atoms with E-state index in [0.29, 0.717) is 23.6 Å². The van der Waals surface area contributed by atoms with Gasteiger partial charge in [-0.15, -0.1) is 12.4 Å². The minimum absolute atomic E-state index is 0. The highest BCUT2D eigenvalue weighted by molar-refractivity contribution is 6.30. The Bertz CT molecular complexity index is 632. The molecular formula is C17H19Cl2NO2. The van der Waals surface area contributed by atoms with E-state index in [1.54, 1.807) is 18.2 Å². The highest BCUT2D eigenvalue weighted by atomic mass is 35.5. The average molecular weight is 340 g/mol. The molecule has 0 fully saturated rings. The van der Waals surface area contributed by atoms with Crippen LogP contribution in [0.15, 0.2) is 48.5 Å². The molecule has 0 radical (unpaired) electrons. The van der Waals surface area contributed by atoms with Crippen molar-refractivity contribution in [2.24, 2.45) is 5.92 Å². The van der Waals surface area contributed by atoms with E-state index in [0.717, 1.165) is 5.56 Å². The number of benzene rings is 2. The smallest absolute Gasteiger partial charge is 0.167 e. The van der Waals surface area contributed by atoms with E-state index in [2.05, 4.69) is 5.32 Å². The Balaban J connectivity index is 0.00000242. The van der Waals surface area contributed by atoms with E-state index in [-0.39, 0.29) is 29.9 Å². The Morgan fingerprint density at radius 1 is 1.23 bits per heavy atom. The number of phenolic OH excluding ortho intramolecular Hbond substituents is 1. The molecule has 0 amide bonds. The van der Waals surface area contributed by atoms with Crippen molar-refractivity contribution in [3.8, 4) is 5.75 Å². The van der Waals surface area contributed by atoms with Gasteiger partial charge in [-0.25, -0.2) is 0 Å². The molecule has 0 bridgehead atoms.